The molecule has 3 rings (SSSR count). The summed E-state index contributed by atoms with van der Waals surface area (Å²) in [4.78, 5) is 0. The molecule has 0 spiro atoms. The third kappa shape index (κ3) is 0.878. The van der Waals surface area contributed by atoms with Crippen LogP contribution < -0.4 is 0 Å². The number of hydrogen-bond donors (Lipinski definition) is 0. The Kier molecular flexibility index (Phi) is 1.72. The minimum atomic E-state index is 0.900. The van der Waals surface area contributed by atoms with Crippen molar-refractivity contribution in [3.8, 4) is 0 Å². The van der Waals surface area contributed by atoms with Gasteiger partial charge in [-0.15, -0.1) is 11.3 Å². The van der Waals surface area contributed by atoms with Gasteiger partial charge in [0.15, 0.2) is 0 Å². The Balaban J connectivity index is 2.18. The summed E-state index contributed by atoms with van der Waals surface area (Å²) in [6.07, 6.45) is 4.19. The van der Waals surface area contributed by atoms with Crippen molar-refractivity contribution in [1.82, 2.24) is 0 Å². The van der Waals surface area contributed by atoms with Gasteiger partial charge in [0.25, 0.3) is 0 Å². The molecule has 1 aromatic heterocycles. The van der Waals surface area contributed by atoms with Crippen molar-refractivity contribution in [2.24, 2.45) is 5.92 Å². The highest BCUT2D eigenvalue weighted by Crippen LogP contribution is 2.57. The molecular weight excluding hydrogens is 300 g/mol. The van der Waals surface area contributed by atoms with Gasteiger partial charge in [0, 0.05) is 0 Å². The van der Waals surface area contributed by atoms with E-state index in [1.165, 1.54) is 26.8 Å². The predicted molar refractivity (Wildman–Crippen MR) is 58.9 cm³/mol. The van der Waals surface area contributed by atoms with E-state index in [4.69, 9.17) is 0 Å². The summed E-state index contributed by atoms with van der Waals surface area (Å²) >= 11 is 9.14. The van der Waals surface area contributed by atoms with Crippen molar-refractivity contribution >= 4 is 43.2 Å². The maximum atomic E-state index is 3.66. The van der Waals surface area contributed by atoms with E-state index in [2.05, 4.69) is 31.9 Å². The van der Waals surface area contributed by atoms with Gasteiger partial charge < -0.3 is 0 Å². The van der Waals surface area contributed by atoms with E-state index in [1.54, 1.807) is 11.1 Å². The third-order valence-electron chi connectivity index (χ3n) is 3.21. The van der Waals surface area contributed by atoms with Crippen molar-refractivity contribution in [1.29, 1.82) is 0 Å². The Bertz CT molecular complexity index is 343. The fourth-order valence-electron chi connectivity index (χ4n) is 2.44. The van der Waals surface area contributed by atoms with E-state index in [9.17, 15) is 0 Å². The predicted octanol–water partition coefficient (Wildman–Crippen LogP) is 4.32. The third-order valence-corrected chi connectivity index (χ3v) is 5.91. The highest BCUT2D eigenvalue weighted by atomic mass is 79.9. The Labute approximate surface area is 92.6 Å². The Morgan fingerprint density at radius 1 is 1.17 bits per heavy atom. The van der Waals surface area contributed by atoms with Crippen molar-refractivity contribution in [2.45, 2.75) is 25.2 Å². The second-order valence-corrected chi connectivity index (χ2v) is 7.35. The highest BCUT2D eigenvalue weighted by Gasteiger charge is 2.42. The van der Waals surface area contributed by atoms with Crippen LogP contribution in [0.1, 0.15) is 29.9 Å². The second kappa shape index (κ2) is 2.58. The van der Waals surface area contributed by atoms with Gasteiger partial charge in [-0.3, -0.25) is 0 Å². The van der Waals surface area contributed by atoms with E-state index >= 15 is 0 Å². The average molecular weight is 308 g/mol. The molecule has 2 aliphatic carbocycles. The summed E-state index contributed by atoms with van der Waals surface area (Å²) in [6.45, 7) is 0. The average Bonchev–Trinajstić information content (AvgIpc) is 2.36. The normalized spacial score (nSPS) is 31.2. The smallest absolute Gasteiger partial charge is 0.0748 e. The summed E-state index contributed by atoms with van der Waals surface area (Å²) in [6, 6.07) is 0. The second-order valence-electron chi connectivity index (χ2n) is 3.69. The molecule has 0 aliphatic heterocycles. The highest BCUT2D eigenvalue weighted by molar-refractivity contribution is 9.12. The molecular formula is C9H8Br2S. The quantitative estimate of drug-likeness (QED) is 0.669. The molecule has 0 nitrogen and oxygen atoms in total. The van der Waals surface area contributed by atoms with Crippen LogP contribution in [-0.4, -0.2) is 0 Å². The molecule has 0 saturated heterocycles. The van der Waals surface area contributed by atoms with Crippen LogP contribution in [0.5, 0.6) is 0 Å². The molecule has 0 N–H and O–H groups in total. The van der Waals surface area contributed by atoms with Gasteiger partial charge in [0.1, 0.15) is 0 Å². The van der Waals surface area contributed by atoms with Gasteiger partial charge >= 0.3 is 0 Å². The molecule has 0 radical (unpaired) electrons. The first kappa shape index (κ1) is 8.01. The Morgan fingerprint density at radius 2 is 2.00 bits per heavy atom. The molecule has 0 aromatic carbocycles. The van der Waals surface area contributed by atoms with Gasteiger partial charge in [-0.25, -0.2) is 0 Å². The van der Waals surface area contributed by atoms with Crippen molar-refractivity contribution < 1.29 is 0 Å². The van der Waals surface area contributed by atoms with Crippen molar-refractivity contribution in [2.75, 3.05) is 0 Å². The maximum absolute atomic E-state index is 3.66. The lowest BCUT2D eigenvalue weighted by atomic mass is 9.75. The minimum Gasteiger partial charge on any atom is -0.121 e. The van der Waals surface area contributed by atoms with Crippen molar-refractivity contribution in [3.05, 3.63) is 18.7 Å². The SMILES string of the molecule is Brc1sc(Br)c2c1CC1CCC21. The molecule has 0 bridgehead atoms. The Hall–Kier alpha value is 0.660. The molecule has 0 amide bonds. The van der Waals surface area contributed by atoms with Gasteiger partial charge in [0.05, 0.1) is 7.57 Å². The molecule has 2 atom stereocenters. The topological polar surface area (TPSA) is 0 Å². The first-order valence-electron chi connectivity index (χ1n) is 4.24. The van der Waals surface area contributed by atoms with Crippen LogP contribution >= 0.6 is 43.2 Å². The lowest BCUT2D eigenvalue weighted by Gasteiger charge is -2.30. The van der Waals surface area contributed by atoms with Gasteiger partial charge in [-0.2, -0.15) is 0 Å². The number of halogens is 2. The van der Waals surface area contributed by atoms with Crippen LogP contribution in [0.25, 0.3) is 0 Å². The van der Waals surface area contributed by atoms with Gasteiger partial charge in [-0.05, 0) is 74.1 Å². The summed E-state index contributed by atoms with van der Waals surface area (Å²) in [5, 5.41) is 0. The molecule has 1 saturated carbocycles. The summed E-state index contributed by atoms with van der Waals surface area (Å²) in [5.41, 5.74) is 3.22. The number of rotatable bonds is 0. The molecule has 1 aromatic rings. The first-order chi connectivity index (χ1) is 5.77. The zero-order valence-electron chi connectivity index (χ0n) is 6.44. The van der Waals surface area contributed by atoms with Crippen LogP contribution in [0.4, 0.5) is 0 Å². The number of fused-ring (bicyclic) bond motifs is 3. The maximum Gasteiger partial charge on any atom is 0.0748 e. The minimum absolute atomic E-state index is 0.900. The fourth-order valence-corrected chi connectivity index (χ4v) is 5.83. The Morgan fingerprint density at radius 3 is 2.67 bits per heavy atom. The van der Waals surface area contributed by atoms with E-state index < -0.39 is 0 Å². The zero-order chi connectivity index (χ0) is 8.29. The molecule has 1 heterocycles. The zero-order valence-corrected chi connectivity index (χ0v) is 10.4. The van der Waals surface area contributed by atoms with E-state index in [1.807, 2.05) is 11.3 Å². The standard InChI is InChI=1S/C9H8Br2S/c10-8-6-3-4-1-2-5(4)7(6)9(11)12-8/h4-5H,1-3H2. The monoisotopic (exact) mass is 306 g/mol. The summed E-state index contributed by atoms with van der Waals surface area (Å²) in [5.74, 6) is 1.88. The van der Waals surface area contributed by atoms with Crippen LogP contribution in [0.3, 0.4) is 0 Å². The number of thiophene rings is 1. The lowest BCUT2D eigenvalue weighted by molar-refractivity contribution is 0.280. The van der Waals surface area contributed by atoms with Gasteiger partial charge in [0.2, 0.25) is 0 Å². The number of hydrogen-bond acceptors (Lipinski definition) is 1. The molecule has 64 valence electrons. The molecule has 2 unspecified atom stereocenters. The van der Waals surface area contributed by atoms with E-state index in [0.29, 0.717) is 0 Å². The van der Waals surface area contributed by atoms with Crippen LogP contribution in [-0.2, 0) is 6.42 Å². The summed E-state index contributed by atoms with van der Waals surface area (Å²) in [7, 11) is 0. The molecule has 1 fully saturated rings. The molecule has 2 aliphatic rings. The van der Waals surface area contributed by atoms with E-state index in [-0.39, 0.29) is 0 Å². The van der Waals surface area contributed by atoms with Crippen molar-refractivity contribution in [3.63, 3.8) is 0 Å². The van der Waals surface area contributed by atoms with Crippen LogP contribution in [0.2, 0.25) is 0 Å². The molecule has 3 heteroatoms. The fraction of sp³-hybridized carbons (Fsp3) is 0.556. The van der Waals surface area contributed by atoms with Crippen LogP contribution in [0, 0.1) is 5.92 Å². The lowest BCUT2D eigenvalue weighted by Crippen LogP contribution is -2.19. The van der Waals surface area contributed by atoms with Gasteiger partial charge in [-0.1, -0.05) is 0 Å². The largest absolute Gasteiger partial charge is 0.121 e. The first-order valence-corrected chi connectivity index (χ1v) is 6.64. The van der Waals surface area contributed by atoms with E-state index in [0.717, 1.165) is 11.8 Å². The van der Waals surface area contributed by atoms with Crippen LogP contribution in [0.15, 0.2) is 7.57 Å². The molecule has 12 heavy (non-hydrogen) atoms. The summed E-state index contributed by atoms with van der Waals surface area (Å²) < 4.78 is 2.73.